The summed E-state index contributed by atoms with van der Waals surface area (Å²) < 4.78 is 10.7. The molecule has 0 aromatic heterocycles. The summed E-state index contributed by atoms with van der Waals surface area (Å²) >= 11 is 0. The van der Waals surface area contributed by atoms with Crippen LogP contribution in [0.3, 0.4) is 0 Å². The van der Waals surface area contributed by atoms with Crippen molar-refractivity contribution >= 4 is 11.9 Å². The Balaban J connectivity index is 3.30. The first-order valence-electron chi connectivity index (χ1n) is 32.1. The SMILES string of the molecule is CCCCCCCCCCCCCCCCCCCCCCCCCCCCCCCCCCCCCCCCCCCC(=O)OC(CO)COC(=O)CCCCCCCCCCCCCCCC. The lowest BCUT2D eigenvalue weighted by Gasteiger charge is -2.15. The van der Waals surface area contributed by atoms with Gasteiger partial charge in [-0.25, -0.2) is 0 Å². The second-order valence-electron chi connectivity index (χ2n) is 22.2. The van der Waals surface area contributed by atoms with Crippen LogP contribution < -0.4 is 0 Å². The highest BCUT2D eigenvalue weighted by molar-refractivity contribution is 5.70. The second-order valence-corrected chi connectivity index (χ2v) is 22.2. The first-order valence-corrected chi connectivity index (χ1v) is 32.1. The number of unbranched alkanes of at least 4 members (excludes halogenated alkanes) is 53. The summed E-state index contributed by atoms with van der Waals surface area (Å²) in [5.74, 6) is -0.565. The zero-order valence-electron chi connectivity index (χ0n) is 47.4. The third-order valence-corrected chi connectivity index (χ3v) is 15.2. The molecule has 1 atom stereocenters. The largest absolute Gasteiger partial charge is 0.462 e. The minimum Gasteiger partial charge on any atom is -0.462 e. The molecule has 5 heteroatoms. The molecule has 0 saturated carbocycles. The Morgan fingerprint density at radius 1 is 0.275 bits per heavy atom. The molecule has 0 aliphatic heterocycles. The summed E-state index contributed by atoms with van der Waals surface area (Å²) in [4.78, 5) is 24.5. The molecular weight excluding hydrogens is 849 g/mol. The first kappa shape index (κ1) is 67.9. The molecule has 0 fully saturated rings. The Morgan fingerprint density at radius 2 is 0.449 bits per heavy atom. The van der Waals surface area contributed by atoms with Gasteiger partial charge in [0.2, 0.25) is 0 Å². The van der Waals surface area contributed by atoms with E-state index in [0.29, 0.717) is 12.8 Å². The molecule has 0 saturated heterocycles. The molecule has 0 aromatic carbocycles. The van der Waals surface area contributed by atoms with Gasteiger partial charge in [-0.05, 0) is 12.8 Å². The Kier molecular flexibility index (Phi) is 60.2. The normalized spacial score (nSPS) is 12.0. The lowest BCUT2D eigenvalue weighted by molar-refractivity contribution is -0.161. The number of esters is 2. The van der Waals surface area contributed by atoms with Gasteiger partial charge in [-0.1, -0.05) is 354 Å². The summed E-state index contributed by atoms with van der Waals surface area (Å²) in [5.41, 5.74) is 0. The first-order chi connectivity index (χ1) is 34.1. The maximum atomic E-state index is 12.3. The fourth-order valence-electron chi connectivity index (χ4n) is 10.3. The molecule has 412 valence electrons. The lowest BCUT2D eigenvalue weighted by atomic mass is 10.0. The predicted octanol–water partition coefficient (Wildman–Crippen LogP) is 21.7. The van der Waals surface area contributed by atoms with Gasteiger partial charge in [-0.3, -0.25) is 9.59 Å². The van der Waals surface area contributed by atoms with Gasteiger partial charge in [-0.15, -0.1) is 0 Å². The van der Waals surface area contributed by atoms with Gasteiger partial charge >= 0.3 is 11.9 Å². The molecule has 0 rings (SSSR count). The Bertz CT molecular complexity index is 968. The monoisotopic (exact) mass is 975 g/mol. The summed E-state index contributed by atoms with van der Waals surface area (Å²) in [7, 11) is 0. The number of carbonyl (C=O) groups is 2. The summed E-state index contributed by atoms with van der Waals surface area (Å²) in [6.45, 7) is 4.20. The van der Waals surface area contributed by atoms with E-state index < -0.39 is 6.10 Å². The van der Waals surface area contributed by atoms with E-state index in [1.807, 2.05) is 0 Å². The number of hydrogen-bond donors (Lipinski definition) is 1. The Labute approximate surface area is 433 Å². The van der Waals surface area contributed by atoms with Crippen molar-refractivity contribution in [3.05, 3.63) is 0 Å². The van der Waals surface area contributed by atoms with Crippen LogP contribution in [0.4, 0.5) is 0 Å². The van der Waals surface area contributed by atoms with Crippen LogP contribution in [0.1, 0.15) is 380 Å². The standard InChI is InChI=1S/C64H126O5/c1-3-5-7-9-11-13-15-17-19-20-21-22-23-24-25-26-27-28-29-30-31-32-33-34-35-36-37-38-39-40-41-42-43-44-45-47-49-51-53-55-57-59-64(67)69-62(60-65)61-68-63(66)58-56-54-52-50-48-46-18-16-14-12-10-8-6-4-2/h62,65H,3-61H2,1-2H3. The predicted molar refractivity (Wildman–Crippen MR) is 302 cm³/mol. The van der Waals surface area contributed by atoms with E-state index in [1.165, 1.54) is 321 Å². The third-order valence-electron chi connectivity index (χ3n) is 15.2. The number of ether oxygens (including phenoxy) is 2. The highest BCUT2D eigenvalue weighted by Gasteiger charge is 2.16. The van der Waals surface area contributed by atoms with E-state index in [4.69, 9.17) is 9.47 Å². The number of hydrogen-bond acceptors (Lipinski definition) is 5. The quantitative estimate of drug-likeness (QED) is 0.0486. The van der Waals surface area contributed by atoms with Crippen LogP contribution >= 0.6 is 0 Å². The Morgan fingerprint density at radius 3 is 0.638 bits per heavy atom. The van der Waals surface area contributed by atoms with Crippen molar-refractivity contribution in [1.29, 1.82) is 0 Å². The van der Waals surface area contributed by atoms with Crippen molar-refractivity contribution in [2.75, 3.05) is 13.2 Å². The molecule has 1 unspecified atom stereocenters. The fraction of sp³-hybridized carbons (Fsp3) is 0.969. The van der Waals surface area contributed by atoms with Crippen molar-refractivity contribution in [1.82, 2.24) is 0 Å². The summed E-state index contributed by atoms with van der Waals surface area (Å²) in [6, 6.07) is 0. The topological polar surface area (TPSA) is 72.8 Å². The van der Waals surface area contributed by atoms with Crippen LogP contribution in [0.15, 0.2) is 0 Å². The maximum absolute atomic E-state index is 12.3. The van der Waals surface area contributed by atoms with E-state index in [0.717, 1.165) is 32.1 Å². The van der Waals surface area contributed by atoms with E-state index in [-0.39, 0.29) is 25.2 Å². The highest BCUT2D eigenvalue weighted by Crippen LogP contribution is 2.19. The molecular formula is C64H126O5. The molecule has 0 heterocycles. The third kappa shape index (κ3) is 59.4. The minimum absolute atomic E-state index is 0.0561. The number of aliphatic hydroxyl groups is 1. The van der Waals surface area contributed by atoms with Crippen LogP contribution in [-0.2, 0) is 19.1 Å². The number of aliphatic hydroxyl groups excluding tert-OH is 1. The highest BCUT2D eigenvalue weighted by atomic mass is 16.6. The summed E-state index contributed by atoms with van der Waals surface area (Å²) in [5, 5.41) is 9.64. The van der Waals surface area contributed by atoms with E-state index in [2.05, 4.69) is 13.8 Å². The van der Waals surface area contributed by atoms with Crippen LogP contribution in [-0.4, -0.2) is 36.4 Å². The zero-order valence-corrected chi connectivity index (χ0v) is 47.4. The maximum Gasteiger partial charge on any atom is 0.306 e. The Hall–Kier alpha value is -1.10. The van der Waals surface area contributed by atoms with Crippen molar-refractivity contribution in [2.45, 2.75) is 386 Å². The van der Waals surface area contributed by atoms with Crippen LogP contribution in [0.2, 0.25) is 0 Å². The van der Waals surface area contributed by atoms with Crippen molar-refractivity contribution in [3.63, 3.8) is 0 Å². The molecule has 69 heavy (non-hydrogen) atoms. The van der Waals surface area contributed by atoms with Crippen LogP contribution in [0.25, 0.3) is 0 Å². The van der Waals surface area contributed by atoms with Gasteiger partial charge in [-0.2, -0.15) is 0 Å². The van der Waals surface area contributed by atoms with Gasteiger partial charge in [0, 0.05) is 12.8 Å². The van der Waals surface area contributed by atoms with Gasteiger partial charge in [0.25, 0.3) is 0 Å². The van der Waals surface area contributed by atoms with Crippen LogP contribution in [0, 0.1) is 0 Å². The molecule has 0 amide bonds. The molecule has 0 aromatic rings. The van der Waals surface area contributed by atoms with Crippen LogP contribution in [0.5, 0.6) is 0 Å². The molecule has 0 aliphatic rings. The molecule has 1 N–H and O–H groups in total. The van der Waals surface area contributed by atoms with Crippen molar-refractivity contribution in [2.24, 2.45) is 0 Å². The van der Waals surface area contributed by atoms with Gasteiger partial charge in [0.1, 0.15) is 6.61 Å². The molecule has 0 bridgehead atoms. The average Bonchev–Trinajstić information content (AvgIpc) is 3.35. The molecule has 0 spiro atoms. The number of carbonyl (C=O) groups excluding carboxylic acids is 2. The zero-order chi connectivity index (χ0) is 49.9. The fourth-order valence-corrected chi connectivity index (χ4v) is 10.3. The molecule has 0 aliphatic carbocycles. The average molecular weight is 976 g/mol. The van der Waals surface area contributed by atoms with Gasteiger partial charge in [0.15, 0.2) is 6.10 Å². The second kappa shape index (κ2) is 61.2. The molecule has 5 nitrogen and oxygen atoms in total. The summed E-state index contributed by atoms with van der Waals surface area (Å²) in [6.07, 6.45) is 75.7. The molecule has 0 radical (unpaired) electrons. The van der Waals surface area contributed by atoms with Crippen molar-refractivity contribution in [3.8, 4) is 0 Å². The van der Waals surface area contributed by atoms with E-state index in [1.54, 1.807) is 0 Å². The minimum atomic E-state index is -0.764. The van der Waals surface area contributed by atoms with Gasteiger partial charge in [0.05, 0.1) is 6.61 Å². The lowest BCUT2D eigenvalue weighted by Crippen LogP contribution is -2.28. The van der Waals surface area contributed by atoms with Gasteiger partial charge < -0.3 is 14.6 Å². The number of rotatable bonds is 61. The van der Waals surface area contributed by atoms with E-state index in [9.17, 15) is 14.7 Å². The van der Waals surface area contributed by atoms with E-state index >= 15 is 0 Å². The van der Waals surface area contributed by atoms with Crippen molar-refractivity contribution < 1.29 is 24.2 Å². The smallest absolute Gasteiger partial charge is 0.306 e.